The highest BCUT2D eigenvalue weighted by Crippen LogP contribution is 2.28. The fourth-order valence-corrected chi connectivity index (χ4v) is 3.98. The molecule has 0 aliphatic carbocycles. The molecule has 0 atom stereocenters. The minimum atomic E-state index is -0.130. The van der Waals surface area contributed by atoms with Gasteiger partial charge in [0.05, 0.1) is 32.5 Å². The van der Waals surface area contributed by atoms with Crippen molar-refractivity contribution in [3.05, 3.63) is 71.4 Å². The van der Waals surface area contributed by atoms with E-state index >= 15 is 0 Å². The van der Waals surface area contributed by atoms with Crippen molar-refractivity contribution >= 4 is 17.6 Å². The van der Waals surface area contributed by atoms with Crippen molar-refractivity contribution in [2.75, 3.05) is 24.7 Å². The van der Waals surface area contributed by atoms with Crippen molar-refractivity contribution in [1.82, 2.24) is 15.1 Å². The van der Waals surface area contributed by atoms with Crippen LogP contribution in [0.3, 0.4) is 0 Å². The van der Waals surface area contributed by atoms with Crippen LogP contribution in [0.4, 0.5) is 5.82 Å². The lowest BCUT2D eigenvalue weighted by molar-refractivity contribution is -0.119. The van der Waals surface area contributed by atoms with Gasteiger partial charge in [-0.15, -0.1) is 0 Å². The van der Waals surface area contributed by atoms with Crippen molar-refractivity contribution in [1.29, 1.82) is 0 Å². The molecule has 1 aliphatic rings. The summed E-state index contributed by atoms with van der Waals surface area (Å²) < 4.78 is 13.1. The van der Waals surface area contributed by atoms with Gasteiger partial charge in [-0.1, -0.05) is 18.2 Å². The van der Waals surface area contributed by atoms with Crippen LogP contribution in [0.5, 0.6) is 11.5 Å². The van der Waals surface area contributed by atoms with Crippen LogP contribution in [0.15, 0.2) is 54.7 Å². The summed E-state index contributed by atoms with van der Waals surface area (Å²) in [6.07, 6.45) is 2.83. The van der Waals surface area contributed by atoms with E-state index in [1.807, 2.05) is 54.9 Å². The number of hydrogen-bond acceptors (Lipinski definition) is 5. The molecule has 8 heteroatoms. The SMILES string of the molecule is CCOc1ccc(CCNC(=O)c2ccc(CN3C(=O)CCn4nccc43)cc2)cc1OCC. The third kappa shape index (κ3) is 5.39. The predicted octanol–water partition coefficient (Wildman–Crippen LogP) is 3.59. The number of hydrogen-bond donors (Lipinski definition) is 1. The van der Waals surface area contributed by atoms with Crippen LogP contribution in [-0.2, 0) is 24.3 Å². The van der Waals surface area contributed by atoms with E-state index in [4.69, 9.17) is 9.47 Å². The van der Waals surface area contributed by atoms with Crippen LogP contribution in [0.25, 0.3) is 0 Å². The summed E-state index contributed by atoms with van der Waals surface area (Å²) in [6.45, 7) is 6.58. The monoisotopic (exact) mass is 462 g/mol. The van der Waals surface area contributed by atoms with Gasteiger partial charge < -0.3 is 14.8 Å². The maximum atomic E-state index is 12.6. The third-order valence-corrected chi connectivity index (χ3v) is 5.67. The zero-order valence-corrected chi connectivity index (χ0v) is 19.6. The number of fused-ring (bicyclic) bond motifs is 1. The molecule has 2 heterocycles. The van der Waals surface area contributed by atoms with Gasteiger partial charge in [-0.3, -0.25) is 14.5 Å². The zero-order chi connectivity index (χ0) is 23.9. The Kier molecular flexibility index (Phi) is 7.47. The Morgan fingerprint density at radius 1 is 1.00 bits per heavy atom. The molecular formula is C26H30N4O4. The summed E-state index contributed by atoms with van der Waals surface area (Å²) in [7, 11) is 0. The summed E-state index contributed by atoms with van der Waals surface area (Å²) in [5, 5.41) is 7.22. The fraction of sp³-hybridized carbons (Fsp3) is 0.346. The molecule has 1 aliphatic heterocycles. The summed E-state index contributed by atoms with van der Waals surface area (Å²) >= 11 is 0. The second-order valence-electron chi connectivity index (χ2n) is 7.99. The van der Waals surface area contributed by atoms with Crippen molar-refractivity contribution in [3.63, 3.8) is 0 Å². The number of ether oxygens (including phenoxy) is 2. The Hall–Kier alpha value is -3.81. The number of aryl methyl sites for hydroxylation is 1. The van der Waals surface area contributed by atoms with Gasteiger partial charge in [0.25, 0.3) is 5.91 Å². The lowest BCUT2D eigenvalue weighted by atomic mass is 10.1. The van der Waals surface area contributed by atoms with Crippen molar-refractivity contribution in [2.24, 2.45) is 0 Å². The molecule has 0 saturated carbocycles. The van der Waals surface area contributed by atoms with Gasteiger partial charge in [0, 0.05) is 24.6 Å². The van der Waals surface area contributed by atoms with E-state index in [-0.39, 0.29) is 11.8 Å². The molecule has 1 N–H and O–H groups in total. The lowest BCUT2D eigenvalue weighted by Gasteiger charge is -2.27. The van der Waals surface area contributed by atoms with Crippen LogP contribution >= 0.6 is 0 Å². The molecule has 3 aromatic rings. The topological polar surface area (TPSA) is 85.7 Å². The first-order valence-electron chi connectivity index (χ1n) is 11.7. The number of carbonyl (C=O) groups excluding carboxylic acids is 2. The van der Waals surface area contributed by atoms with E-state index in [0.717, 1.165) is 28.4 Å². The van der Waals surface area contributed by atoms with Crippen LogP contribution in [0.2, 0.25) is 0 Å². The molecule has 0 saturated heterocycles. The maximum Gasteiger partial charge on any atom is 0.251 e. The number of benzene rings is 2. The number of amides is 2. The van der Waals surface area contributed by atoms with E-state index in [1.54, 1.807) is 23.2 Å². The predicted molar refractivity (Wildman–Crippen MR) is 129 cm³/mol. The van der Waals surface area contributed by atoms with E-state index in [9.17, 15) is 9.59 Å². The average molecular weight is 463 g/mol. The molecule has 178 valence electrons. The molecule has 8 nitrogen and oxygen atoms in total. The Balaban J connectivity index is 1.31. The first-order chi connectivity index (χ1) is 16.6. The molecule has 0 fully saturated rings. The summed E-state index contributed by atoms with van der Waals surface area (Å²) in [6, 6.07) is 15.1. The minimum absolute atomic E-state index is 0.0802. The van der Waals surface area contributed by atoms with Crippen LogP contribution in [-0.4, -0.2) is 41.4 Å². The third-order valence-electron chi connectivity index (χ3n) is 5.67. The molecule has 0 radical (unpaired) electrons. The largest absolute Gasteiger partial charge is 0.490 e. The highest BCUT2D eigenvalue weighted by molar-refractivity contribution is 5.95. The summed E-state index contributed by atoms with van der Waals surface area (Å²) in [4.78, 5) is 26.7. The smallest absolute Gasteiger partial charge is 0.251 e. The number of anilines is 1. The number of rotatable bonds is 10. The molecule has 34 heavy (non-hydrogen) atoms. The molecule has 0 bridgehead atoms. The van der Waals surface area contributed by atoms with E-state index in [1.165, 1.54) is 0 Å². The second-order valence-corrected chi connectivity index (χ2v) is 7.99. The quantitative estimate of drug-likeness (QED) is 0.498. The van der Waals surface area contributed by atoms with Crippen LogP contribution < -0.4 is 19.7 Å². The van der Waals surface area contributed by atoms with E-state index < -0.39 is 0 Å². The number of nitrogens with zero attached hydrogens (tertiary/aromatic N) is 3. The Labute approximate surface area is 199 Å². The van der Waals surface area contributed by atoms with Gasteiger partial charge in [0.2, 0.25) is 5.91 Å². The lowest BCUT2D eigenvalue weighted by Crippen LogP contribution is -2.36. The van der Waals surface area contributed by atoms with Gasteiger partial charge in [-0.05, 0) is 55.7 Å². The van der Waals surface area contributed by atoms with Crippen molar-refractivity contribution in [2.45, 2.75) is 39.8 Å². The molecule has 1 aromatic heterocycles. The number of nitrogens with one attached hydrogen (secondary N) is 1. The average Bonchev–Trinajstić information content (AvgIpc) is 3.32. The maximum absolute atomic E-state index is 12.6. The zero-order valence-electron chi connectivity index (χ0n) is 19.6. The minimum Gasteiger partial charge on any atom is -0.490 e. The highest BCUT2D eigenvalue weighted by Gasteiger charge is 2.24. The Bertz CT molecular complexity index is 1140. The first kappa shape index (κ1) is 23.4. The van der Waals surface area contributed by atoms with Gasteiger partial charge in [0.15, 0.2) is 11.5 Å². The highest BCUT2D eigenvalue weighted by atomic mass is 16.5. The van der Waals surface area contributed by atoms with Crippen LogP contribution in [0.1, 0.15) is 41.8 Å². The summed E-state index contributed by atoms with van der Waals surface area (Å²) in [5.41, 5.74) is 2.60. The first-order valence-corrected chi connectivity index (χ1v) is 11.7. The molecule has 0 spiro atoms. The second kappa shape index (κ2) is 10.9. The molecule has 4 rings (SSSR count). The van der Waals surface area contributed by atoms with Gasteiger partial charge >= 0.3 is 0 Å². The fourth-order valence-electron chi connectivity index (χ4n) is 3.98. The molecule has 2 amide bonds. The molecular weight excluding hydrogens is 432 g/mol. The van der Waals surface area contributed by atoms with E-state index in [2.05, 4.69) is 10.4 Å². The standard InChI is InChI=1S/C26H30N4O4/c1-3-33-22-10-7-19(17-23(22)34-4-2)11-14-27-26(32)21-8-5-20(6-9-21)18-29-24-12-15-28-30(24)16-13-25(29)31/h5-10,12,15,17H,3-4,11,13-14,16,18H2,1-2H3,(H,27,32). The van der Waals surface area contributed by atoms with Gasteiger partial charge in [-0.25, -0.2) is 4.68 Å². The Morgan fingerprint density at radius 3 is 2.50 bits per heavy atom. The van der Waals surface area contributed by atoms with Crippen molar-refractivity contribution in [3.8, 4) is 11.5 Å². The normalized spacial score (nSPS) is 12.9. The Morgan fingerprint density at radius 2 is 1.74 bits per heavy atom. The van der Waals surface area contributed by atoms with E-state index in [0.29, 0.717) is 51.3 Å². The number of aromatic nitrogens is 2. The molecule has 2 aromatic carbocycles. The van der Waals surface area contributed by atoms with Crippen molar-refractivity contribution < 1.29 is 19.1 Å². The summed E-state index contributed by atoms with van der Waals surface area (Å²) in [5.74, 6) is 2.21. The van der Waals surface area contributed by atoms with Gasteiger partial charge in [-0.2, -0.15) is 5.10 Å². The number of carbonyl (C=O) groups is 2. The van der Waals surface area contributed by atoms with Crippen LogP contribution in [0, 0.1) is 0 Å². The van der Waals surface area contributed by atoms with Gasteiger partial charge in [0.1, 0.15) is 5.82 Å². The molecule has 0 unspecified atom stereocenters.